The molecule has 0 bridgehead atoms. The summed E-state index contributed by atoms with van der Waals surface area (Å²) in [5.74, 6) is 1.43. The van der Waals surface area contributed by atoms with E-state index < -0.39 is 0 Å². The lowest BCUT2D eigenvalue weighted by molar-refractivity contribution is -0.139. The molecule has 4 aliphatic rings. The van der Waals surface area contributed by atoms with Gasteiger partial charge in [-0.2, -0.15) is 0 Å². The zero-order valence-electron chi connectivity index (χ0n) is 14.2. The number of carbonyl (C=O) groups is 2. The number of nitrogens with zero attached hydrogens (tertiary/aromatic N) is 2. The molecule has 2 saturated heterocycles. The summed E-state index contributed by atoms with van der Waals surface area (Å²) in [6.07, 6.45) is 7.50. The monoisotopic (exact) mass is 319 g/mol. The number of carbonyl (C=O) groups excluding carboxylic acids is 2. The van der Waals surface area contributed by atoms with E-state index in [-0.39, 0.29) is 23.3 Å². The average Bonchev–Trinajstić information content (AvgIpc) is 3.45. The molecular weight excluding hydrogens is 290 g/mol. The van der Waals surface area contributed by atoms with Crippen LogP contribution in [-0.4, -0.2) is 60.9 Å². The topological polar surface area (TPSA) is 52.7 Å². The van der Waals surface area contributed by atoms with Gasteiger partial charge in [0.15, 0.2) is 0 Å². The van der Waals surface area contributed by atoms with Crippen LogP contribution in [0.15, 0.2) is 0 Å². The third kappa shape index (κ3) is 3.00. The van der Waals surface area contributed by atoms with E-state index in [1.807, 2.05) is 4.90 Å². The van der Waals surface area contributed by atoms with E-state index in [0.29, 0.717) is 11.8 Å². The molecule has 0 spiro atoms. The van der Waals surface area contributed by atoms with Crippen molar-refractivity contribution in [3.8, 4) is 0 Å². The minimum Gasteiger partial charge on any atom is -0.351 e. The Hall–Kier alpha value is -1.10. The van der Waals surface area contributed by atoms with Gasteiger partial charge in [0.1, 0.15) is 0 Å². The van der Waals surface area contributed by atoms with Crippen LogP contribution in [0.2, 0.25) is 0 Å². The zero-order chi connectivity index (χ0) is 16.0. The molecule has 23 heavy (non-hydrogen) atoms. The van der Waals surface area contributed by atoms with Crippen molar-refractivity contribution < 1.29 is 9.59 Å². The van der Waals surface area contributed by atoms with Crippen molar-refractivity contribution in [2.24, 2.45) is 17.3 Å². The average molecular weight is 319 g/mol. The van der Waals surface area contributed by atoms with Crippen LogP contribution in [0.3, 0.4) is 0 Å². The molecule has 0 radical (unpaired) electrons. The van der Waals surface area contributed by atoms with Gasteiger partial charge in [0.05, 0.1) is 5.41 Å². The van der Waals surface area contributed by atoms with Crippen molar-refractivity contribution in [3.63, 3.8) is 0 Å². The molecule has 2 aliphatic carbocycles. The Balaban J connectivity index is 1.33. The lowest BCUT2D eigenvalue weighted by Crippen LogP contribution is -2.44. The second kappa shape index (κ2) is 5.76. The van der Waals surface area contributed by atoms with E-state index >= 15 is 0 Å². The molecule has 128 valence electrons. The summed E-state index contributed by atoms with van der Waals surface area (Å²) in [6, 6.07) is 0.181. The number of rotatable bonds is 4. The first-order chi connectivity index (χ1) is 11.1. The maximum absolute atomic E-state index is 13.1. The highest BCUT2D eigenvalue weighted by Crippen LogP contribution is 2.56. The van der Waals surface area contributed by atoms with Crippen LogP contribution in [-0.2, 0) is 9.59 Å². The largest absolute Gasteiger partial charge is 0.351 e. The maximum Gasteiger partial charge on any atom is 0.229 e. The van der Waals surface area contributed by atoms with E-state index in [1.165, 1.54) is 0 Å². The van der Waals surface area contributed by atoms with Gasteiger partial charge in [-0.15, -0.1) is 0 Å². The van der Waals surface area contributed by atoms with Crippen molar-refractivity contribution in [3.05, 3.63) is 0 Å². The molecule has 2 heterocycles. The summed E-state index contributed by atoms with van der Waals surface area (Å²) in [4.78, 5) is 29.4. The highest BCUT2D eigenvalue weighted by atomic mass is 16.2. The predicted octanol–water partition coefficient (Wildman–Crippen LogP) is 1.24. The fraction of sp³-hybridized carbons (Fsp3) is 0.889. The molecule has 4 rings (SSSR count). The Kier molecular flexibility index (Phi) is 3.87. The number of nitrogens with one attached hydrogen (secondary N) is 1. The quantitative estimate of drug-likeness (QED) is 0.848. The van der Waals surface area contributed by atoms with Crippen LogP contribution in [0, 0.1) is 17.3 Å². The second-order valence-electron chi connectivity index (χ2n) is 8.25. The van der Waals surface area contributed by atoms with Gasteiger partial charge in [-0.1, -0.05) is 0 Å². The third-order valence-corrected chi connectivity index (χ3v) is 6.48. The van der Waals surface area contributed by atoms with E-state index in [2.05, 4.69) is 17.3 Å². The lowest BCUT2D eigenvalue weighted by Gasteiger charge is -2.35. The highest BCUT2D eigenvalue weighted by Gasteiger charge is 2.57. The fourth-order valence-electron chi connectivity index (χ4n) is 4.53. The Morgan fingerprint density at radius 1 is 1.00 bits per heavy atom. The first kappa shape index (κ1) is 15.4. The summed E-state index contributed by atoms with van der Waals surface area (Å²) in [5.41, 5.74) is -0.0450. The van der Waals surface area contributed by atoms with Crippen LogP contribution in [0.25, 0.3) is 0 Å². The number of hydrogen-bond acceptors (Lipinski definition) is 3. The SMILES string of the molecule is CN1CCC(C2(C(=O)N3CC[C@H](NC(=O)C4CC4)C3)CC2)CC1. The van der Waals surface area contributed by atoms with Crippen molar-refractivity contribution in [1.82, 2.24) is 15.1 Å². The highest BCUT2D eigenvalue weighted by molar-refractivity contribution is 5.86. The van der Waals surface area contributed by atoms with Gasteiger partial charge in [0.2, 0.25) is 11.8 Å². The maximum atomic E-state index is 13.1. The fourth-order valence-corrected chi connectivity index (χ4v) is 4.53. The van der Waals surface area contributed by atoms with Crippen molar-refractivity contribution in [2.45, 2.75) is 51.0 Å². The Bertz CT molecular complexity index is 490. The standard InChI is InChI=1S/C18H29N3O2/c1-20-9-4-14(5-10-20)18(7-8-18)17(23)21-11-6-15(12-21)19-16(22)13-2-3-13/h13-15H,2-12H2,1H3,(H,19,22)/t15-/m0/s1. The molecule has 5 heteroatoms. The number of hydrogen-bond donors (Lipinski definition) is 1. The molecule has 0 aromatic carbocycles. The molecule has 2 amide bonds. The van der Waals surface area contributed by atoms with Gasteiger partial charge >= 0.3 is 0 Å². The lowest BCUT2D eigenvalue weighted by atomic mass is 9.80. The van der Waals surface area contributed by atoms with Gasteiger partial charge in [-0.3, -0.25) is 9.59 Å². The summed E-state index contributed by atoms with van der Waals surface area (Å²) in [7, 11) is 2.17. The van der Waals surface area contributed by atoms with Crippen LogP contribution < -0.4 is 5.32 Å². The predicted molar refractivity (Wildman–Crippen MR) is 87.7 cm³/mol. The Morgan fingerprint density at radius 2 is 1.70 bits per heavy atom. The van der Waals surface area contributed by atoms with E-state index in [4.69, 9.17) is 0 Å². The molecule has 0 aromatic heterocycles. The molecule has 2 saturated carbocycles. The van der Waals surface area contributed by atoms with Crippen molar-refractivity contribution >= 4 is 11.8 Å². The van der Waals surface area contributed by atoms with E-state index in [1.54, 1.807) is 0 Å². The molecule has 1 atom stereocenters. The van der Waals surface area contributed by atoms with Crippen molar-refractivity contribution in [1.29, 1.82) is 0 Å². The second-order valence-corrected chi connectivity index (χ2v) is 8.25. The van der Waals surface area contributed by atoms with Gasteiger partial charge < -0.3 is 15.1 Å². The van der Waals surface area contributed by atoms with Crippen LogP contribution in [0.4, 0.5) is 0 Å². The van der Waals surface area contributed by atoms with Crippen LogP contribution >= 0.6 is 0 Å². The van der Waals surface area contributed by atoms with Gasteiger partial charge in [-0.05, 0) is 71.0 Å². The summed E-state index contributed by atoms with van der Waals surface area (Å²) in [5, 5.41) is 3.14. The first-order valence-corrected chi connectivity index (χ1v) is 9.37. The van der Waals surface area contributed by atoms with Gasteiger partial charge in [0, 0.05) is 25.0 Å². The molecule has 1 N–H and O–H groups in total. The van der Waals surface area contributed by atoms with Crippen molar-refractivity contribution in [2.75, 3.05) is 33.2 Å². The Labute approximate surface area is 138 Å². The van der Waals surface area contributed by atoms with Gasteiger partial charge in [0.25, 0.3) is 0 Å². The van der Waals surface area contributed by atoms with E-state index in [9.17, 15) is 9.59 Å². The molecular formula is C18H29N3O2. The molecule has 5 nitrogen and oxygen atoms in total. The molecule has 4 fully saturated rings. The zero-order valence-corrected chi connectivity index (χ0v) is 14.2. The summed E-state index contributed by atoms with van der Waals surface area (Å²) in [6.45, 7) is 3.80. The van der Waals surface area contributed by atoms with E-state index in [0.717, 1.165) is 71.1 Å². The minimum atomic E-state index is -0.0450. The Morgan fingerprint density at radius 3 is 2.30 bits per heavy atom. The molecule has 0 aromatic rings. The molecule has 0 unspecified atom stereocenters. The van der Waals surface area contributed by atoms with Gasteiger partial charge in [-0.25, -0.2) is 0 Å². The van der Waals surface area contributed by atoms with Crippen LogP contribution in [0.5, 0.6) is 0 Å². The summed E-state index contributed by atoms with van der Waals surface area (Å²) >= 11 is 0. The number of likely N-dealkylation sites (tertiary alicyclic amines) is 2. The van der Waals surface area contributed by atoms with Crippen LogP contribution in [0.1, 0.15) is 44.9 Å². The number of piperidine rings is 1. The third-order valence-electron chi connectivity index (χ3n) is 6.48. The smallest absolute Gasteiger partial charge is 0.229 e. The normalized spacial score (nSPS) is 31.2. The first-order valence-electron chi connectivity index (χ1n) is 9.37. The number of amides is 2. The minimum absolute atomic E-state index is 0.0450. The molecule has 2 aliphatic heterocycles. The summed E-state index contributed by atoms with van der Waals surface area (Å²) < 4.78 is 0.